The van der Waals surface area contributed by atoms with Gasteiger partial charge in [0, 0.05) is 13.0 Å². The maximum Gasteiger partial charge on any atom is 0.337 e. The minimum atomic E-state index is -0.665. The van der Waals surface area contributed by atoms with Gasteiger partial charge in [-0.2, -0.15) is 0 Å². The zero-order valence-electron chi connectivity index (χ0n) is 16.7. The second-order valence-corrected chi connectivity index (χ2v) is 7.23. The van der Waals surface area contributed by atoms with Crippen LogP contribution < -0.4 is 0 Å². The number of nitrogens with zero attached hydrogens (tertiary/aromatic N) is 1. The normalized spacial score (nSPS) is 17.7. The Hall–Kier alpha value is -2.92. The molecule has 1 aliphatic rings. The van der Waals surface area contributed by atoms with Gasteiger partial charge in [-0.25, -0.2) is 4.79 Å². The minimum Gasteiger partial charge on any atom is -0.465 e. The molecule has 3 rings (SSSR count). The molecule has 0 spiro atoms. The summed E-state index contributed by atoms with van der Waals surface area (Å²) in [6.45, 7) is 0.675. The Kier molecular flexibility index (Phi) is 7.19. The van der Waals surface area contributed by atoms with Crippen LogP contribution in [0.5, 0.6) is 0 Å². The molecule has 2 aromatic carbocycles. The summed E-state index contributed by atoms with van der Waals surface area (Å²) >= 11 is 0. The second-order valence-electron chi connectivity index (χ2n) is 7.23. The summed E-state index contributed by atoms with van der Waals surface area (Å²) in [5.74, 6) is -0.179. The van der Waals surface area contributed by atoms with E-state index in [0.29, 0.717) is 18.5 Å². The van der Waals surface area contributed by atoms with Crippen LogP contribution in [0.15, 0.2) is 66.7 Å². The zero-order valence-corrected chi connectivity index (χ0v) is 16.7. The molecule has 0 radical (unpaired) electrons. The fourth-order valence-corrected chi connectivity index (χ4v) is 3.62. The van der Waals surface area contributed by atoms with E-state index in [2.05, 4.69) is 0 Å². The molecule has 1 heterocycles. The molecule has 1 N–H and O–H groups in total. The average Bonchev–Trinajstić information content (AvgIpc) is 3.12. The number of rotatable bonds is 8. The smallest absolute Gasteiger partial charge is 0.337 e. The highest BCUT2D eigenvalue weighted by Gasteiger charge is 2.28. The molecule has 29 heavy (non-hydrogen) atoms. The Balaban J connectivity index is 1.53. The first-order valence-corrected chi connectivity index (χ1v) is 9.96. The van der Waals surface area contributed by atoms with E-state index in [9.17, 15) is 14.7 Å². The van der Waals surface area contributed by atoms with Gasteiger partial charge in [0.25, 0.3) is 0 Å². The van der Waals surface area contributed by atoms with E-state index in [0.717, 1.165) is 30.4 Å². The predicted molar refractivity (Wildman–Crippen MR) is 111 cm³/mol. The van der Waals surface area contributed by atoms with Crippen molar-refractivity contribution in [1.29, 1.82) is 0 Å². The number of aliphatic hydroxyl groups is 1. The molecule has 1 saturated heterocycles. The van der Waals surface area contributed by atoms with Crippen LogP contribution >= 0.6 is 0 Å². The number of carbonyl (C=O) groups is 2. The van der Waals surface area contributed by atoms with Gasteiger partial charge in [-0.15, -0.1) is 0 Å². The van der Waals surface area contributed by atoms with Crippen LogP contribution in [0.4, 0.5) is 0 Å². The lowest BCUT2D eigenvalue weighted by Crippen LogP contribution is -2.33. The van der Waals surface area contributed by atoms with Crippen LogP contribution in [0.1, 0.15) is 46.9 Å². The number of aliphatic hydroxyl groups excluding tert-OH is 1. The fourth-order valence-electron chi connectivity index (χ4n) is 3.62. The number of hydrogen-bond acceptors (Lipinski definition) is 4. The molecule has 1 unspecified atom stereocenters. The molecule has 1 amide bonds. The average molecular weight is 393 g/mol. The van der Waals surface area contributed by atoms with Gasteiger partial charge in [-0.1, -0.05) is 54.6 Å². The maximum absolute atomic E-state index is 12.3. The third-order valence-corrected chi connectivity index (χ3v) is 5.27. The molecule has 0 saturated carbocycles. The van der Waals surface area contributed by atoms with E-state index in [-0.39, 0.29) is 17.9 Å². The first-order chi connectivity index (χ1) is 14.1. The van der Waals surface area contributed by atoms with Crippen molar-refractivity contribution in [3.63, 3.8) is 0 Å². The summed E-state index contributed by atoms with van der Waals surface area (Å²) < 4.78 is 4.71. The van der Waals surface area contributed by atoms with Gasteiger partial charge in [0.1, 0.15) is 0 Å². The van der Waals surface area contributed by atoms with Crippen LogP contribution in [-0.2, 0) is 16.0 Å². The highest BCUT2D eigenvalue weighted by Crippen LogP contribution is 2.22. The summed E-state index contributed by atoms with van der Waals surface area (Å²) in [5.41, 5.74) is 2.50. The summed E-state index contributed by atoms with van der Waals surface area (Å²) in [7, 11) is 1.37. The summed E-state index contributed by atoms with van der Waals surface area (Å²) in [4.78, 5) is 25.7. The molecular weight excluding hydrogens is 366 g/mol. The summed E-state index contributed by atoms with van der Waals surface area (Å²) in [6.07, 6.45) is 6.06. The lowest BCUT2D eigenvalue weighted by molar-refractivity contribution is -0.128. The standard InChI is InChI=1S/C24H27NO4/c1-29-24(28)20-11-9-18(10-12-20)6-5-17-25-21(14-16-23(25)27)13-15-22(26)19-7-3-2-4-8-19/h2-4,7-13,15,21-22,26H,5-6,14,16-17H2,1H3/b15-13+/t21-,22?/m0/s1. The zero-order chi connectivity index (χ0) is 20.6. The van der Waals surface area contributed by atoms with E-state index in [4.69, 9.17) is 4.74 Å². The van der Waals surface area contributed by atoms with Gasteiger partial charge in [-0.3, -0.25) is 4.79 Å². The second kappa shape index (κ2) is 10.0. The monoisotopic (exact) mass is 393 g/mol. The molecule has 0 aromatic heterocycles. The fraction of sp³-hybridized carbons (Fsp3) is 0.333. The van der Waals surface area contributed by atoms with E-state index in [1.165, 1.54) is 7.11 Å². The topological polar surface area (TPSA) is 66.8 Å². The number of carbonyl (C=O) groups excluding carboxylic acids is 2. The molecule has 2 atom stereocenters. The Bertz CT molecular complexity index is 845. The SMILES string of the molecule is COC(=O)c1ccc(CCCN2C(=O)CC[C@@H]2/C=C/C(O)c2ccccc2)cc1. The van der Waals surface area contributed by atoms with Gasteiger partial charge < -0.3 is 14.7 Å². The molecule has 5 nitrogen and oxygen atoms in total. The largest absolute Gasteiger partial charge is 0.465 e. The van der Waals surface area contributed by atoms with Gasteiger partial charge in [0.15, 0.2) is 0 Å². The Morgan fingerprint density at radius 3 is 2.62 bits per heavy atom. The van der Waals surface area contributed by atoms with Crippen molar-refractivity contribution in [1.82, 2.24) is 4.90 Å². The van der Waals surface area contributed by atoms with E-state index in [1.807, 2.05) is 53.4 Å². The van der Waals surface area contributed by atoms with Crippen molar-refractivity contribution in [2.24, 2.45) is 0 Å². The lowest BCUT2D eigenvalue weighted by atomic mass is 10.1. The molecule has 0 bridgehead atoms. The number of ether oxygens (including phenoxy) is 1. The van der Waals surface area contributed by atoms with Crippen molar-refractivity contribution < 1.29 is 19.4 Å². The van der Waals surface area contributed by atoms with E-state index in [1.54, 1.807) is 18.2 Å². The van der Waals surface area contributed by atoms with Crippen LogP contribution in [-0.4, -0.2) is 41.6 Å². The van der Waals surface area contributed by atoms with Crippen LogP contribution in [0.2, 0.25) is 0 Å². The van der Waals surface area contributed by atoms with Gasteiger partial charge in [-0.05, 0) is 42.5 Å². The molecule has 2 aromatic rings. The quantitative estimate of drug-likeness (QED) is 0.549. The Morgan fingerprint density at radius 1 is 1.21 bits per heavy atom. The predicted octanol–water partition coefficient (Wildman–Crippen LogP) is 3.69. The van der Waals surface area contributed by atoms with E-state index < -0.39 is 6.10 Å². The summed E-state index contributed by atoms with van der Waals surface area (Å²) in [6, 6.07) is 16.9. The van der Waals surface area contributed by atoms with Crippen molar-refractivity contribution >= 4 is 11.9 Å². The van der Waals surface area contributed by atoms with Crippen LogP contribution in [0.25, 0.3) is 0 Å². The molecular formula is C24H27NO4. The third kappa shape index (κ3) is 5.55. The summed E-state index contributed by atoms with van der Waals surface area (Å²) in [5, 5.41) is 10.3. The highest BCUT2D eigenvalue weighted by molar-refractivity contribution is 5.89. The minimum absolute atomic E-state index is 0.0302. The van der Waals surface area contributed by atoms with Crippen molar-refractivity contribution in [2.75, 3.05) is 13.7 Å². The Morgan fingerprint density at radius 2 is 1.93 bits per heavy atom. The molecule has 5 heteroatoms. The number of likely N-dealkylation sites (tertiary alicyclic amines) is 1. The maximum atomic E-state index is 12.3. The number of esters is 1. The third-order valence-electron chi connectivity index (χ3n) is 5.27. The number of benzene rings is 2. The van der Waals surface area contributed by atoms with Gasteiger partial charge in [0.2, 0.25) is 5.91 Å². The van der Waals surface area contributed by atoms with E-state index >= 15 is 0 Å². The van der Waals surface area contributed by atoms with Gasteiger partial charge >= 0.3 is 5.97 Å². The first kappa shape index (κ1) is 20.8. The molecule has 152 valence electrons. The van der Waals surface area contributed by atoms with Crippen LogP contribution in [0, 0.1) is 0 Å². The van der Waals surface area contributed by atoms with Crippen molar-refractivity contribution in [2.45, 2.75) is 37.8 Å². The first-order valence-electron chi connectivity index (χ1n) is 9.96. The highest BCUT2D eigenvalue weighted by atomic mass is 16.5. The number of methoxy groups -OCH3 is 1. The van der Waals surface area contributed by atoms with Crippen LogP contribution in [0.3, 0.4) is 0 Å². The molecule has 1 aliphatic heterocycles. The van der Waals surface area contributed by atoms with Gasteiger partial charge in [0.05, 0.1) is 24.8 Å². The molecule has 1 fully saturated rings. The van der Waals surface area contributed by atoms with Crippen molar-refractivity contribution in [3.8, 4) is 0 Å². The van der Waals surface area contributed by atoms with Crippen molar-refractivity contribution in [3.05, 3.63) is 83.4 Å². The Labute approximate surface area is 171 Å². The number of hydrogen-bond donors (Lipinski definition) is 1. The number of amides is 1. The lowest BCUT2D eigenvalue weighted by Gasteiger charge is -2.22. The molecule has 0 aliphatic carbocycles. The number of aryl methyl sites for hydroxylation is 1.